The van der Waals surface area contributed by atoms with E-state index >= 15 is 0 Å². The lowest BCUT2D eigenvalue weighted by Gasteiger charge is -2.26. The van der Waals surface area contributed by atoms with Gasteiger partial charge < -0.3 is 9.64 Å². The number of likely N-dealkylation sites (tertiary alicyclic amines) is 1. The molecule has 7 heteroatoms. The van der Waals surface area contributed by atoms with Crippen LogP contribution in [-0.4, -0.2) is 55.2 Å². The summed E-state index contributed by atoms with van der Waals surface area (Å²) in [7, 11) is 3.48. The fourth-order valence-corrected chi connectivity index (χ4v) is 2.68. The van der Waals surface area contributed by atoms with Crippen molar-refractivity contribution in [3.05, 3.63) is 29.8 Å². The Bertz CT molecular complexity index is 529. The summed E-state index contributed by atoms with van der Waals surface area (Å²) in [5.74, 6) is 0.279. The molecule has 0 N–H and O–H groups in total. The van der Waals surface area contributed by atoms with Crippen molar-refractivity contribution in [1.29, 1.82) is 0 Å². The summed E-state index contributed by atoms with van der Waals surface area (Å²) in [6.07, 6.45) is -2.53. The van der Waals surface area contributed by atoms with Crippen molar-refractivity contribution in [2.75, 3.05) is 27.2 Å². The van der Waals surface area contributed by atoms with E-state index in [0.29, 0.717) is 6.54 Å². The van der Waals surface area contributed by atoms with E-state index in [1.165, 1.54) is 12.1 Å². The fraction of sp³-hybridized carbons (Fsp3) is 0.562. The maximum Gasteiger partial charge on any atom is 0.422 e. The van der Waals surface area contributed by atoms with Gasteiger partial charge in [-0.2, -0.15) is 13.2 Å². The fourth-order valence-electron chi connectivity index (χ4n) is 2.68. The SMILES string of the molecule is CN(C)C(=O)C1CCCN1Cc1ccc(OCC(F)(F)F)cc1. The summed E-state index contributed by atoms with van der Waals surface area (Å²) in [4.78, 5) is 15.8. The molecule has 1 unspecified atom stereocenters. The van der Waals surface area contributed by atoms with Crippen LogP contribution in [0.2, 0.25) is 0 Å². The molecule has 2 rings (SSSR count). The van der Waals surface area contributed by atoms with Gasteiger partial charge in [0.25, 0.3) is 0 Å². The van der Waals surface area contributed by atoms with Gasteiger partial charge in [-0.15, -0.1) is 0 Å². The minimum Gasteiger partial charge on any atom is -0.484 e. The Balaban J connectivity index is 1.94. The van der Waals surface area contributed by atoms with Crippen molar-refractivity contribution in [3.8, 4) is 5.75 Å². The minimum atomic E-state index is -4.34. The molecule has 0 aliphatic carbocycles. The van der Waals surface area contributed by atoms with Crippen LogP contribution in [0.1, 0.15) is 18.4 Å². The summed E-state index contributed by atoms with van der Waals surface area (Å²) in [6, 6.07) is 6.41. The zero-order valence-corrected chi connectivity index (χ0v) is 13.3. The van der Waals surface area contributed by atoms with Crippen molar-refractivity contribution in [2.24, 2.45) is 0 Å². The third kappa shape index (κ3) is 5.13. The monoisotopic (exact) mass is 330 g/mol. The van der Waals surface area contributed by atoms with Crippen LogP contribution in [-0.2, 0) is 11.3 Å². The Kier molecular flexibility index (Phi) is 5.51. The highest BCUT2D eigenvalue weighted by Gasteiger charge is 2.31. The minimum absolute atomic E-state index is 0.0904. The average molecular weight is 330 g/mol. The first kappa shape index (κ1) is 17.6. The molecule has 23 heavy (non-hydrogen) atoms. The topological polar surface area (TPSA) is 32.8 Å². The number of benzene rings is 1. The van der Waals surface area contributed by atoms with Gasteiger partial charge in [0, 0.05) is 20.6 Å². The average Bonchev–Trinajstić information content (AvgIpc) is 2.93. The number of hydrogen-bond acceptors (Lipinski definition) is 3. The number of nitrogens with zero attached hydrogens (tertiary/aromatic N) is 2. The lowest BCUT2D eigenvalue weighted by atomic mass is 10.1. The summed E-state index contributed by atoms with van der Waals surface area (Å²) in [5.41, 5.74) is 0.947. The first-order valence-electron chi connectivity index (χ1n) is 7.50. The summed E-state index contributed by atoms with van der Waals surface area (Å²) in [6.45, 7) is 0.151. The smallest absolute Gasteiger partial charge is 0.422 e. The van der Waals surface area contributed by atoms with Gasteiger partial charge in [-0.25, -0.2) is 0 Å². The zero-order valence-electron chi connectivity index (χ0n) is 13.3. The third-order valence-corrected chi connectivity index (χ3v) is 3.80. The van der Waals surface area contributed by atoms with E-state index in [1.54, 1.807) is 31.1 Å². The van der Waals surface area contributed by atoms with Crippen LogP contribution in [0.3, 0.4) is 0 Å². The molecule has 1 saturated heterocycles. The Labute approximate surface area is 133 Å². The first-order valence-corrected chi connectivity index (χ1v) is 7.50. The molecule has 4 nitrogen and oxygen atoms in total. The molecule has 1 atom stereocenters. The number of carbonyl (C=O) groups excluding carboxylic acids is 1. The van der Waals surface area contributed by atoms with Crippen LogP contribution < -0.4 is 4.74 Å². The van der Waals surface area contributed by atoms with E-state index < -0.39 is 12.8 Å². The number of likely N-dealkylation sites (N-methyl/N-ethyl adjacent to an activating group) is 1. The largest absolute Gasteiger partial charge is 0.484 e. The normalized spacial score (nSPS) is 18.9. The molecule has 1 amide bonds. The molecule has 1 aliphatic rings. The second kappa shape index (κ2) is 7.21. The Morgan fingerprint density at radius 3 is 2.52 bits per heavy atom. The van der Waals surface area contributed by atoms with Crippen molar-refractivity contribution in [2.45, 2.75) is 31.6 Å². The van der Waals surface area contributed by atoms with E-state index in [0.717, 1.165) is 24.9 Å². The maximum atomic E-state index is 12.1. The van der Waals surface area contributed by atoms with Gasteiger partial charge in [0.1, 0.15) is 5.75 Å². The Hall–Kier alpha value is -1.76. The van der Waals surface area contributed by atoms with Crippen molar-refractivity contribution in [3.63, 3.8) is 0 Å². The molecule has 128 valence electrons. The van der Waals surface area contributed by atoms with Crippen molar-refractivity contribution in [1.82, 2.24) is 9.80 Å². The lowest BCUT2D eigenvalue weighted by Crippen LogP contribution is -2.42. The molecule has 1 heterocycles. The summed E-state index contributed by atoms with van der Waals surface area (Å²) < 4.78 is 41.0. The molecule has 0 saturated carbocycles. The molecular weight excluding hydrogens is 309 g/mol. The highest BCUT2D eigenvalue weighted by atomic mass is 19.4. The maximum absolute atomic E-state index is 12.1. The van der Waals surface area contributed by atoms with Crippen LogP contribution in [0.4, 0.5) is 13.2 Å². The number of alkyl halides is 3. The number of ether oxygens (including phenoxy) is 1. The predicted molar refractivity (Wildman–Crippen MR) is 80.1 cm³/mol. The number of rotatable bonds is 5. The molecule has 0 aromatic heterocycles. The van der Waals surface area contributed by atoms with Gasteiger partial charge in [-0.05, 0) is 37.1 Å². The van der Waals surface area contributed by atoms with E-state index in [2.05, 4.69) is 9.64 Å². The van der Waals surface area contributed by atoms with Crippen molar-refractivity contribution < 1.29 is 22.7 Å². The van der Waals surface area contributed by atoms with Crippen molar-refractivity contribution >= 4 is 5.91 Å². The molecule has 0 radical (unpaired) electrons. The van der Waals surface area contributed by atoms with Gasteiger partial charge in [-0.3, -0.25) is 9.69 Å². The third-order valence-electron chi connectivity index (χ3n) is 3.80. The Morgan fingerprint density at radius 1 is 1.30 bits per heavy atom. The summed E-state index contributed by atoms with van der Waals surface area (Å²) >= 11 is 0. The van der Waals surface area contributed by atoms with E-state index in [1.807, 2.05) is 0 Å². The number of halogens is 3. The van der Waals surface area contributed by atoms with Crippen LogP contribution in [0.25, 0.3) is 0 Å². The van der Waals surface area contributed by atoms with Gasteiger partial charge in [0.2, 0.25) is 5.91 Å². The van der Waals surface area contributed by atoms with Gasteiger partial charge in [0.05, 0.1) is 6.04 Å². The van der Waals surface area contributed by atoms with Gasteiger partial charge in [0.15, 0.2) is 6.61 Å². The van der Waals surface area contributed by atoms with E-state index in [-0.39, 0.29) is 17.7 Å². The van der Waals surface area contributed by atoms with Crippen LogP contribution in [0.5, 0.6) is 5.75 Å². The Morgan fingerprint density at radius 2 is 1.96 bits per heavy atom. The van der Waals surface area contributed by atoms with Gasteiger partial charge >= 0.3 is 6.18 Å². The quantitative estimate of drug-likeness (QED) is 0.832. The van der Waals surface area contributed by atoms with Crippen LogP contribution in [0, 0.1) is 0 Å². The van der Waals surface area contributed by atoms with Gasteiger partial charge in [-0.1, -0.05) is 12.1 Å². The van der Waals surface area contributed by atoms with E-state index in [9.17, 15) is 18.0 Å². The summed E-state index contributed by atoms with van der Waals surface area (Å²) in [5, 5.41) is 0. The molecule has 1 aliphatic heterocycles. The van der Waals surface area contributed by atoms with Crippen LogP contribution >= 0.6 is 0 Å². The first-order chi connectivity index (χ1) is 10.8. The lowest BCUT2D eigenvalue weighted by molar-refractivity contribution is -0.153. The number of carbonyl (C=O) groups is 1. The molecule has 1 fully saturated rings. The highest BCUT2D eigenvalue weighted by molar-refractivity contribution is 5.81. The number of amides is 1. The highest BCUT2D eigenvalue weighted by Crippen LogP contribution is 2.23. The van der Waals surface area contributed by atoms with Crippen LogP contribution in [0.15, 0.2) is 24.3 Å². The predicted octanol–water partition coefficient (Wildman–Crippen LogP) is 2.68. The number of hydrogen-bond donors (Lipinski definition) is 0. The van der Waals surface area contributed by atoms with E-state index in [4.69, 9.17) is 0 Å². The molecule has 0 bridgehead atoms. The molecule has 0 spiro atoms. The second-order valence-electron chi connectivity index (χ2n) is 5.91. The second-order valence-corrected chi connectivity index (χ2v) is 5.91. The molecule has 1 aromatic rings. The molecular formula is C16H21F3N2O2. The standard InChI is InChI=1S/C16H21F3N2O2/c1-20(2)15(22)14-4-3-9-21(14)10-12-5-7-13(8-6-12)23-11-16(17,18)19/h5-8,14H,3-4,9-11H2,1-2H3. The zero-order chi connectivity index (χ0) is 17.0. The molecule has 1 aromatic carbocycles.